The minimum atomic E-state index is 0.249. The van der Waals surface area contributed by atoms with E-state index in [4.69, 9.17) is 5.26 Å². The zero-order valence-electron chi connectivity index (χ0n) is 5.52. The quantitative estimate of drug-likeness (QED) is 0.350. The van der Waals surface area contributed by atoms with E-state index in [1.54, 1.807) is 0 Å². The average molecular weight is 136 g/mol. The standard InChI is InChI=1S/C6H8N4/c7-4-9-5-8-3-6(10-5)1-2-6/h1-3H2,(H2,8,9,10). The molecular weight excluding hydrogens is 128 g/mol. The summed E-state index contributed by atoms with van der Waals surface area (Å²) in [5.74, 6) is 0.639. The Kier molecular flexibility index (Phi) is 0.901. The van der Waals surface area contributed by atoms with E-state index in [9.17, 15) is 0 Å². The molecule has 0 aromatic carbocycles. The molecule has 0 saturated heterocycles. The van der Waals surface area contributed by atoms with Gasteiger partial charge in [0.15, 0.2) is 6.19 Å². The number of aliphatic imine (C=N–C) groups is 1. The van der Waals surface area contributed by atoms with Gasteiger partial charge >= 0.3 is 0 Å². The van der Waals surface area contributed by atoms with Crippen LogP contribution in [0.5, 0.6) is 0 Å². The first kappa shape index (κ1) is 5.54. The van der Waals surface area contributed by atoms with Gasteiger partial charge in [0.2, 0.25) is 5.96 Å². The highest BCUT2D eigenvalue weighted by Crippen LogP contribution is 2.37. The zero-order chi connectivity index (χ0) is 7.03. The molecule has 1 aliphatic carbocycles. The smallest absolute Gasteiger partial charge is 0.205 e. The molecule has 1 fully saturated rings. The molecule has 1 spiro atoms. The lowest BCUT2D eigenvalue weighted by atomic mass is 10.3. The van der Waals surface area contributed by atoms with Crippen molar-refractivity contribution in [3.05, 3.63) is 0 Å². The number of nitrogens with one attached hydrogen (secondary N) is 2. The Balaban J connectivity index is 1.97. The Bertz CT molecular complexity index is 220. The molecule has 4 nitrogen and oxygen atoms in total. The summed E-state index contributed by atoms with van der Waals surface area (Å²) in [5.41, 5.74) is 0.249. The summed E-state index contributed by atoms with van der Waals surface area (Å²) in [6.45, 7) is 0.830. The molecule has 0 aromatic rings. The van der Waals surface area contributed by atoms with Gasteiger partial charge in [-0.05, 0) is 12.8 Å². The molecule has 1 saturated carbocycles. The van der Waals surface area contributed by atoms with Gasteiger partial charge in [0, 0.05) is 0 Å². The fourth-order valence-corrected chi connectivity index (χ4v) is 1.12. The molecular formula is C6H8N4. The van der Waals surface area contributed by atoms with Crippen LogP contribution in [0.2, 0.25) is 0 Å². The molecule has 0 amide bonds. The first-order chi connectivity index (χ1) is 4.85. The van der Waals surface area contributed by atoms with Crippen LogP contribution in [0.3, 0.4) is 0 Å². The third kappa shape index (κ3) is 0.711. The minimum Gasteiger partial charge on any atom is -0.348 e. The van der Waals surface area contributed by atoms with Crippen molar-refractivity contribution in [2.75, 3.05) is 6.54 Å². The van der Waals surface area contributed by atoms with Crippen molar-refractivity contribution in [3.63, 3.8) is 0 Å². The lowest BCUT2D eigenvalue weighted by Crippen LogP contribution is -2.38. The molecule has 1 heterocycles. The molecule has 1 aliphatic heterocycles. The van der Waals surface area contributed by atoms with E-state index in [0.717, 1.165) is 6.54 Å². The summed E-state index contributed by atoms with van der Waals surface area (Å²) >= 11 is 0. The minimum absolute atomic E-state index is 0.249. The van der Waals surface area contributed by atoms with Crippen molar-refractivity contribution in [1.82, 2.24) is 10.6 Å². The topological polar surface area (TPSA) is 60.2 Å². The summed E-state index contributed by atoms with van der Waals surface area (Å²) in [6.07, 6.45) is 4.21. The van der Waals surface area contributed by atoms with Crippen LogP contribution in [-0.4, -0.2) is 18.0 Å². The normalized spacial score (nSPS) is 24.9. The van der Waals surface area contributed by atoms with Crippen LogP contribution >= 0.6 is 0 Å². The highest BCUT2D eigenvalue weighted by atomic mass is 15.3. The molecule has 2 aliphatic rings. The molecule has 0 bridgehead atoms. The van der Waals surface area contributed by atoms with Crippen LogP contribution in [-0.2, 0) is 0 Å². The fourth-order valence-electron chi connectivity index (χ4n) is 1.12. The molecule has 2 rings (SSSR count). The van der Waals surface area contributed by atoms with E-state index < -0.39 is 0 Å². The first-order valence-corrected chi connectivity index (χ1v) is 3.32. The lowest BCUT2D eigenvalue weighted by molar-refractivity contribution is 0.655. The Morgan fingerprint density at radius 1 is 1.70 bits per heavy atom. The van der Waals surface area contributed by atoms with Crippen LogP contribution in [0.25, 0.3) is 0 Å². The predicted octanol–water partition coefficient (Wildman–Crippen LogP) is -0.451. The number of rotatable bonds is 0. The summed E-state index contributed by atoms with van der Waals surface area (Å²) in [7, 11) is 0. The second kappa shape index (κ2) is 1.63. The first-order valence-electron chi connectivity index (χ1n) is 3.32. The molecule has 0 unspecified atom stereocenters. The molecule has 2 N–H and O–H groups in total. The monoisotopic (exact) mass is 136 g/mol. The van der Waals surface area contributed by atoms with Crippen LogP contribution in [0, 0.1) is 11.5 Å². The van der Waals surface area contributed by atoms with E-state index in [1.165, 1.54) is 12.8 Å². The zero-order valence-corrected chi connectivity index (χ0v) is 5.52. The van der Waals surface area contributed by atoms with Gasteiger partial charge in [-0.1, -0.05) is 0 Å². The van der Waals surface area contributed by atoms with E-state index in [2.05, 4.69) is 15.6 Å². The highest BCUT2D eigenvalue weighted by Gasteiger charge is 2.46. The maximum atomic E-state index is 8.24. The number of hydrogen-bond donors (Lipinski definition) is 2. The molecule has 10 heavy (non-hydrogen) atoms. The van der Waals surface area contributed by atoms with E-state index >= 15 is 0 Å². The van der Waals surface area contributed by atoms with Crippen molar-refractivity contribution in [3.8, 4) is 6.19 Å². The molecule has 0 aromatic heterocycles. The Hall–Kier alpha value is -1.24. The van der Waals surface area contributed by atoms with Gasteiger partial charge in [-0.3, -0.25) is 5.32 Å². The molecule has 4 heteroatoms. The van der Waals surface area contributed by atoms with E-state index in [0.29, 0.717) is 5.96 Å². The van der Waals surface area contributed by atoms with Gasteiger partial charge < -0.3 is 5.32 Å². The average Bonchev–Trinajstić information content (AvgIpc) is 2.52. The van der Waals surface area contributed by atoms with Crippen molar-refractivity contribution in [2.24, 2.45) is 4.99 Å². The highest BCUT2D eigenvalue weighted by molar-refractivity contribution is 5.84. The van der Waals surface area contributed by atoms with Crippen LogP contribution < -0.4 is 10.6 Å². The van der Waals surface area contributed by atoms with Crippen molar-refractivity contribution in [1.29, 1.82) is 5.26 Å². The number of nitriles is 1. The van der Waals surface area contributed by atoms with Crippen molar-refractivity contribution in [2.45, 2.75) is 18.4 Å². The number of guanidine groups is 1. The lowest BCUT2D eigenvalue weighted by Gasteiger charge is -2.05. The number of nitrogens with zero attached hydrogens (tertiary/aromatic N) is 2. The molecule has 52 valence electrons. The van der Waals surface area contributed by atoms with Gasteiger partial charge in [0.05, 0.1) is 12.1 Å². The van der Waals surface area contributed by atoms with E-state index in [1.807, 2.05) is 6.19 Å². The fraction of sp³-hybridized carbons (Fsp3) is 0.667. The van der Waals surface area contributed by atoms with Crippen molar-refractivity contribution < 1.29 is 0 Å². The summed E-state index contributed by atoms with van der Waals surface area (Å²) < 4.78 is 0. The van der Waals surface area contributed by atoms with Gasteiger partial charge in [-0.15, -0.1) is 0 Å². The summed E-state index contributed by atoms with van der Waals surface area (Å²) in [4.78, 5) is 4.11. The Labute approximate surface area is 58.9 Å². The van der Waals surface area contributed by atoms with Crippen LogP contribution in [0.15, 0.2) is 4.99 Å². The second-order valence-corrected chi connectivity index (χ2v) is 2.81. The van der Waals surface area contributed by atoms with Crippen LogP contribution in [0.1, 0.15) is 12.8 Å². The third-order valence-electron chi connectivity index (χ3n) is 1.95. The Morgan fingerprint density at radius 3 is 3.00 bits per heavy atom. The van der Waals surface area contributed by atoms with Gasteiger partial charge in [0.25, 0.3) is 0 Å². The summed E-state index contributed by atoms with van der Waals surface area (Å²) in [6, 6.07) is 0. The largest absolute Gasteiger partial charge is 0.348 e. The van der Waals surface area contributed by atoms with E-state index in [-0.39, 0.29) is 5.54 Å². The molecule has 0 atom stereocenters. The van der Waals surface area contributed by atoms with Crippen LogP contribution in [0.4, 0.5) is 0 Å². The maximum absolute atomic E-state index is 8.24. The van der Waals surface area contributed by atoms with Crippen molar-refractivity contribution >= 4 is 5.96 Å². The third-order valence-corrected chi connectivity index (χ3v) is 1.95. The SMILES string of the molecule is N#CNC1=NCC2(CC2)N1. The Morgan fingerprint density at radius 2 is 2.50 bits per heavy atom. The summed E-state index contributed by atoms with van der Waals surface area (Å²) in [5, 5.41) is 13.9. The van der Waals surface area contributed by atoms with Gasteiger partial charge in [-0.2, -0.15) is 5.26 Å². The van der Waals surface area contributed by atoms with Gasteiger partial charge in [-0.25, -0.2) is 4.99 Å². The van der Waals surface area contributed by atoms with Gasteiger partial charge in [0.1, 0.15) is 0 Å². The number of hydrogen-bond acceptors (Lipinski definition) is 4. The second-order valence-electron chi connectivity index (χ2n) is 2.81. The molecule has 0 radical (unpaired) electrons. The maximum Gasteiger partial charge on any atom is 0.205 e. The predicted molar refractivity (Wildman–Crippen MR) is 36.2 cm³/mol.